The Hall–Kier alpha value is -4.44. The minimum absolute atomic E-state index is 0.147. The van der Waals surface area contributed by atoms with E-state index in [9.17, 15) is 9.90 Å². The summed E-state index contributed by atoms with van der Waals surface area (Å²) >= 11 is 0. The molecule has 0 atom stereocenters. The zero-order valence-electron chi connectivity index (χ0n) is 17.3. The van der Waals surface area contributed by atoms with Crippen LogP contribution in [0.5, 0.6) is 5.75 Å². The van der Waals surface area contributed by atoms with Crippen molar-refractivity contribution < 1.29 is 5.11 Å². The lowest BCUT2D eigenvalue weighted by molar-refractivity contribution is -0.271. The number of hydrogen-bond donors (Lipinski definition) is 0. The highest BCUT2D eigenvalue weighted by atomic mass is 16.3. The first-order valence-electron chi connectivity index (χ1n) is 10.4. The molecular weight excluding hydrogens is 396 g/mol. The average molecular weight is 416 g/mol. The van der Waals surface area contributed by atoms with Gasteiger partial charge in [-0.05, 0) is 30.0 Å². The minimum Gasteiger partial charge on any atom is -0.866 e. The van der Waals surface area contributed by atoms with Gasteiger partial charge in [-0.1, -0.05) is 72.8 Å². The van der Waals surface area contributed by atoms with Crippen molar-refractivity contribution in [3.8, 4) is 5.75 Å². The van der Waals surface area contributed by atoms with E-state index in [2.05, 4.69) is 0 Å². The number of anilines is 3. The molecule has 32 heavy (non-hydrogen) atoms. The second kappa shape index (κ2) is 8.36. The second-order valence-electron chi connectivity index (χ2n) is 7.37. The van der Waals surface area contributed by atoms with Gasteiger partial charge < -0.3 is 10.0 Å². The summed E-state index contributed by atoms with van der Waals surface area (Å²) in [6, 6.07) is 37.9. The Labute approximate surface area is 185 Å². The molecule has 0 heterocycles. The van der Waals surface area contributed by atoms with Crippen molar-refractivity contribution in [3.05, 3.63) is 137 Å². The Morgan fingerprint density at radius 2 is 0.938 bits per heavy atom. The van der Waals surface area contributed by atoms with Crippen LogP contribution in [0.15, 0.2) is 126 Å². The van der Waals surface area contributed by atoms with E-state index in [1.54, 1.807) is 9.48 Å². The minimum atomic E-state index is -0.282. The van der Waals surface area contributed by atoms with Crippen LogP contribution in [-0.2, 0) is 0 Å². The van der Waals surface area contributed by atoms with E-state index in [0.717, 1.165) is 22.7 Å². The topological polar surface area (TPSA) is 46.4 Å². The lowest BCUT2D eigenvalue weighted by Gasteiger charge is -2.29. The van der Waals surface area contributed by atoms with E-state index in [1.807, 2.05) is 121 Å². The lowest BCUT2D eigenvalue weighted by atomic mass is 10.1. The molecule has 0 N–H and O–H groups in total. The number of para-hydroxylation sites is 4. The maximum absolute atomic E-state index is 13.6. The zero-order chi connectivity index (χ0) is 21.9. The Bertz CT molecular complexity index is 1340. The fourth-order valence-electron chi connectivity index (χ4n) is 3.90. The summed E-state index contributed by atoms with van der Waals surface area (Å²) in [6.45, 7) is 0. The molecule has 154 valence electrons. The first-order chi connectivity index (χ1) is 15.8. The van der Waals surface area contributed by atoms with Gasteiger partial charge in [-0.3, -0.25) is 4.79 Å². The molecule has 0 saturated heterocycles. The summed E-state index contributed by atoms with van der Waals surface area (Å²) in [5, 5.41) is 13.7. The summed E-state index contributed by atoms with van der Waals surface area (Å²) < 4.78 is 1.74. The standard InChI is InChI=1S/C28H20N2O2/c31-27-25(29(21-13-5-1-6-14-21)22-15-7-2-8-16-22)28(32)26(27)30(23-17-9-3-10-18-23)24-19-11-4-12-20-24/h1-20H. The van der Waals surface area contributed by atoms with Crippen molar-refractivity contribution in [2.24, 2.45) is 0 Å². The van der Waals surface area contributed by atoms with Gasteiger partial charge in [-0.2, -0.15) is 4.58 Å². The lowest BCUT2D eigenvalue weighted by Crippen LogP contribution is -2.46. The van der Waals surface area contributed by atoms with Gasteiger partial charge in [0.1, 0.15) is 0 Å². The quantitative estimate of drug-likeness (QED) is 0.383. The van der Waals surface area contributed by atoms with Gasteiger partial charge in [-0.25, -0.2) is 0 Å². The molecule has 5 rings (SSSR count). The van der Waals surface area contributed by atoms with Crippen LogP contribution < -0.4 is 25.4 Å². The van der Waals surface area contributed by atoms with Crippen molar-refractivity contribution in [1.82, 2.24) is 4.58 Å². The van der Waals surface area contributed by atoms with Crippen LogP contribution in [0.3, 0.4) is 0 Å². The molecule has 0 aromatic heterocycles. The summed E-state index contributed by atoms with van der Waals surface area (Å²) in [6.07, 6.45) is 0. The van der Waals surface area contributed by atoms with Crippen LogP contribution in [0.1, 0.15) is 0 Å². The SMILES string of the molecule is O=c1c(N(c2ccccc2)c2ccccc2)c([O-])c1=[N+](c1ccccc1)c1ccccc1. The Morgan fingerprint density at radius 3 is 1.31 bits per heavy atom. The van der Waals surface area contributed by atoms with Crippen LogP contribution in [-0.4, -0.2) is 0 Å². The van der Waals surface area contributed by atoms with Crippen LogP contribution in [0.2, 0.25) is 0 Å². The molecule has 0 amide bonds. The number of benzene rings is 4. The zero-order valence-corrected chi connectivity index (χ0v) is 17.3. The second-order valence-corrected chi connectivity index (χ2v) is 7.37. The van der Waals surface area contributed by atoms with Crippen molar-refractivity contribution >= 4 is 28.4 Å². The smallest absolute Gasteiger partial charge is 0.272 e. The molecule has 0 spiro atoms. The van der Waals surface area contributed by atoms with Crippen LogP contribution in [0.4, 0.5) is 28.4 Å². The normalized spacial score (nSPS) is 10.8. The third-order valence-corrected chi connectivity index (χ3v) is 5.37. The van der Waals surface area contributed by atoms with E-state index in [1.165, 1.54) is 0 Å². The monoisotopic (exact) mass is 416 g/mol. The van der Waals surface area contributed by atoms with Gasteiger partial charge in [0.2, 0.25) is 11.4 Å². The fourth-order valence-corrected chi connectivity index (χ4v) is 3.90. The summed E-state index contributed by atoms with van der Waals surface area (Å²) in [4.78, 5) is 15.3. The van der Waals surface area contributed by atoms with Crippen molar-refractivity contribution in [3.63, 3.8) is 0 Å². The van der Waals surface area contributed by atoms with Gasteiger partial charge >= 0.3 is 0 Å². The van der Waals surface area contributed by atoms with Crippen LogP contribution in [0, 0.1) is 0 Å². The average Bonchev–Trinajstić information content (AvgIpc) is 2.87. The number of rotatable bonds is 5. The fraction of sp³-hybridized carbons (Fsp3) is 0. The molecule has 0 unspecified atom stereocenters. The predicted molar refractivity (Wildman–Crippen MR) is 127 cm³/mol. The van der Waals surface area contributed by atoms with Gasteiger partial charge in [0.25, 0.3) is 10.8 Å². The molecule has 0 bridgehead atoms. The van der Waals surface area contributed by atoms with Gasteiger partial charge in [0.05, 0.1) is 5.69 Å². The third kappa shape index (κ3) is 3.38. The van der Waals surface area contributed by atoms with E-state index < -0.39 is 0 Å². The van der Waals surface area contributed by atoms with E-state index in [4.69, 9.17) is 0 Å². The van der Waals surface area contributed by atoms with E-state index in [-0.39, 0.29) is 22.2 Å². The molecule has 0 radical (unpaired) electrons. The molecule has 5 aromatic carbocycles. The number of nitrogens with zero attached hydrogens (tertiary/aromatic N) is 2. The van der Waals surface area contributed by atoms with Crippen molar-refractivity contribution in [2.45, 2.75) is 0 Å². The summed E-state index contributed by atoms with van der Waals surface area (Å²) in [5.41, 5.74) is 2.92. The summed E-state index contributed by atoms with van der Waals surface area (Å²) in [7, 11) is 0. The number of hydrogen-bond acceptors (Lipinski definition) is 3. The highest BCUT2D eigenvalue weighted by Gasteiger charge is 2.28. The van der Waals surface area contributed by atoms with Crippen LogP contribution in [0.25, 0.3) is 0 Å². The first-order valence-corrected chi connectivity index (χ1v) is 10.4. The first kappa shape index (κ1) is 19.5. The molecular formula is C28H20N2O2. The largest absolute Gasteiger partial charge is 0.866 e. The maximum atomic E-state index is 13.6. The maximum Gasteiger partial charge on any atom is 0.272 e. The van der Waals surface area contributed by atoms with E-state index >= 15 is 0 Å². The van der Waals surface area contributed by atoms with E-state index in [0.29, 0.717) is 0 Å². The van der Waals surface area contributed by atoms with Gasteiger partial charge in [0.15, 0.2) is 0 Å². The molecule has 0 aliphatic carbocycles. The Kier molecular flexibility index (Phi) is 5.10. The predicted octanol–water partition coefficient (Wildman–Crippen LogP) is 4.90. The molecule has 5 aromatic rings. The van der Waals surface area contributed by atoms with Gasteiger partial charge in [0, 0.05) is 35.6 Å². The summed E-state index contributed by atoms with van der Waals surface area (Å²) in [5.74, 6) is -0.282. The third-order valence-electron chi connectivity index (χ3n) is 5.37. The Balaban J connectivity index is 1.78. The van der Waals surface area contributed by atoms with Crippen molar-refractivity contribution in [2.75, 3.05) is 4.90 Å². The molecule has 4 nitrogen and oxygen atoms in total. The highest BCUT2D eigenvalue weighted by Crippen LogP contribution is 2.36. The molecule has 4 heteroatoms. The van der Waals surface area contributed by atoms with Gasteiger partial charge in [-0.15, -0.1) is 0 Å². The van der Waals surface area contributed by atoms with Crippen molar-refractivity contribution in [1.29, 1.82) is 0 Å². The highest BCUT2D eigenvalue weighted by molar-refractivity contribution is 5.81. The Morgan fingerprint density at radius 1 is 0.562 bits per heavy atom. The molecule has 0 aliphatic heterocycles. The molecule has 0 saturated carbocycles. The molecule has 0 aliphatic rings. The molecule has 0 fully saturated rings. The van der Waals surface area contributed by atoms with Crippen LogP contribution >= 0.6 is 0 Å².